The number of carbonyl (C=O) groups is 1. The van der Waals surface area contributed by atoms with Gasteiger partial charge in [-0.05, 0) is 37.5 Å². The lowest BCUT2D eigenvalue weighted by atomic mass is 9.80. The quantitative estimate of drug-likeness (QED) is 0.844. The minimum atomic E-state index is -5.01. The highest BCUT2D eigenvalue weighted by Crippen LogP contribution is 2.48. The van der Waals surface area contributed by atoms with Crippen LogP contribution in [0.3, 0.4) is 0 Å². The van der Waals surface area contributed by atoms with Crippen LogP contribution in [0.25, 0.3) is 0 Å². The number of halogens is 4. The van der Waals surface area contributed by atoms with Crippen molar-refractivity contribution in [2.24, 2.45) is 11.0 Å². The molecule has 1 heterocycles. The number of fused-ring (bicyclic) bond motifs is 1. The van der Waals surface area contributed by atoms with Gasteiger partial charge in [0.2, 0.25) is 0 Å². The molecule has 1 aromatic rings. The van der Waals surface area contributed by atoms with E-state index in [9.17, 15) is 23.1 Å². The van der Waals surface area contributed by atoms with Crippen LogP contribution in [0.15, 0.2) is 29.4 Å². The van der Waals surface area contributed by atoms with E-state index in [4.69, 9.17) is 11.6 Å². The Labute approximate surface area is 135 Å². The summed E-state index contributed by atoms with van der Waals surface area (Å²) in [5.41, 5.74) is -3.13. The van der Waals surface area contributed by atoms with Gasteiger partial charge in [-0.15, -0.1) is 0 Å². The van der Waals surface area contributed by atoms with Gasteiger partial charge in [-0.3, -0.25) is 4.79 Å². The van der Waals surface area contributed by atoms with Gasteiger partial charge in [-0.25, -0.2) is 0 Å². The predicted molar refractivity (Wildman–Crippen MR) is 78.0 cm³/mol. The number of hydrogen-bond donors (Lipinski definition) is 1. The van der Waals surface area contributed by atoms with Gasteiger partial charge in [-0.1, -0.05) is 24.1 Å². The van der Waals surface area contributed by atoms with Crippen molar-refractivity contribution < 1.29 is 23.1 Å². The lowest BCUT2D eigenvalue weighted by Gasteiger charge is -2.38. The van der Waals surface area contributed by atoms with Crippen molar-refractivity contribution in [1.82, 2.24) is 5.01 Å². The molecule has 1 saturated carbocycles. The fraction of sp³-hybridized carbons (Fsp3) is 0.467. The zero-order chi connectivity index (χ0) is 16.8. The molecule has 1 fully saturated rings. The Morgan fingerprint density at radius 2 is 2.13 bits per heavy atom. The number of rotatable bonds is 1. The van der Waals surface area contributed by atoms with Gasteiger partial charge in [0.25, 0.3) is 11.6 Å². The second kappa shape index (κ2) is 5.49. The van der Waals surface area contributed by atoms with Gasteiger partial charge in [0.1, 0.15) is 0 Å². The van der Waals surface area contributed by atoms with Gasteiger partial charge < -0.3 is 5.11 Å². The van der Waals surface area contributed by atoms with E-state index in [0.29, 0.717) is 19.3 Å². The lowest BCUT2D eigenvalue weighted by Crippen LogP contribution is -2.61. The minimum absolute atomic E-state index is 0.0526. The first kappa shape index (κ1) is 16.3. The molecule has 1 amide bonds. The molecule has 4 nitrogen and oxygen atoms in total. The fourth-order valence-corrected chi connectivity index (χ4v) is 3.35. The van der Waals surface area contributed by atoms with Crippen molar-refractivity contribution in [3.8, 4) is 0 Å². The zero-order valence-corrected chi connectivity index (χ0v) is 12.7. The summed E-state index contributed by atoms with van der Waals surface area (Å²) in [6, 6.07) is 5.55. The van der Waals surface area contributed by atoms with E-state index in [1.807, 2.05) is 0 Å². The van der Waals surface area contributed by atoms with Crippen LogP contribution in [-0.2, 0) is 0 Å². The molecule has 2 aliphatic rings. The van der Waals surface area contributed by atoms with Crippen molar-refractivity contribution in [3.63, 3.8) is 0 Å². The molecule has 2 atom stereocenters. The lowest BCUT2D eigenvalue weighted by molar-refractivity contribution is -0.312. The molecule has 0 bridgehead atoms. The summed E-state index contributed by atoms with van der Waals surface area (Å²) in [6.45, 7) is 0. The van der Waals surface area contributed by atoms with E-state index in [2.05, 4.69) is 5.10 Å². The third-order valence-electron chi connectivity index (χ3n) is 4.30. The Kier molecular flexibility index (Phi) is 3.88. The summed E-state index contributed by atoms with van der Waals surface area (Å²) in [5, 5.41) is 14.6. The van der Waals surface area contributed by atoms with Gasteiger partial charge in [0, 0.05) is 16.3 Å². The molecule has 0 radical (unpaired) electrons. The van der Waals surface area contributed by atoms with Crippen molar-refractivity contribution in [2.45, 2.75) is 37.6 Å². The number of benzene rings is 1. The van der Waals surface area contributed by atoms with E-state index >= 15 is 0 Å². The van der Waals surface area contributed by atoms with Crippen molar-refractivity contribution in [2.75, 3.05) is 0 Å². The Morgan fingerprint density at radius 1 is 1.39 bits per heavy atom. The summed E-state index contributed by atoms with van der Waals surface area (Å²) < 4.78 is 40.7. The van der Waals surface area contributed by atoms with E-state index in [1.165, 1.54) is 24.3 Å². The molecule has 0 saturated heterocycles. The normalized spacial score (nSPS) is 27.6. The smallest absolute Gasteiger partial charge is 0.362 e. The number of amides is 1. The molecular formula is C15H14ClF3N2O2. The van der Waals surface area contributed by atoms with E-state index in [0.717, 1.165) is 0 Å². The maximum atomic E-state index is 13.6. The molecule has 1 aromatic carbocycles. The summed E-state index contributed by atoms with van der Waals surface area (Å²) in [7, 11) is 0. The summed E-state index contributed by atoms with van der Waals surface area (Å²) in [4.78, 5) is 12.5. The number of alkyl halides is 3. The highest BCUT2D eigenvalue weighted by molar-refractivity contribution is 6.31. The second-order valence-corrected chi connectivity index (χ2v) is 6.18. The molecule has 1 N–H and O–H groups in total. The highest BCUT2D eigenvalue weighted by Gasteiger charge is 2.68. The number of hydrogen-bond acceptors (Lipinski definition) is 3. The van der Waals surface area contributed by atoms with E-state index < -0.39 is 23.7 Å². The highest BCUT2D eigenvalue weighted by atomic mass is 35.5. The molecule has 1 aliphatic carbocycles. The SMILES string of the molecule is O=C(c1cccc(Cl)c1)N1N=C2CCCC[C@@H]2[C@]1(O)C(F)(F)F. The molecule has 0 aromatic heterocycles. The minimum Gasteiger partial charge on any atom is -0.362 e. The number of aliphatic hydroxyl groups is 1. The van der Waals surface area contributed by atoms with Gasteiger partial charge in [0.05, 0.1) is 5.92 Å². The monoisotopic (exact) mass is 346 g/mol. The largest absolute Gasteiger partial charge is 0.439 e. The maximum absolute atomic E-state index is 13.6. The van der Waals surface area contributed by atoms with Crippen LogP contribution in [0.1, 0.15) is 36.0 Å². The molecule has 23 heavy (non-hydrogen) atoms. The topological polar surface area (TPSA) is 52.9 Å². The average molecular weight is 347 g/mol. The van der Waals surface area contributed by atoms with Crippen LogP contribution in [-0.4, -0.2) is 33.6 Å². The van der Waals surface area contributed by atoms with Gasteiger partial charge in [-0.2, -0.15) is 23.3 Å². The van der Waals surface area contributed by atoms with Crippen LogP contribution < -0.4 is 0 Å². The van der Waals surface area contributed by atoms with Crippen molar-refractivity contribution in [3.05, 3.63) is 34.9 Å². The Bertz CT molecular complexity index is 677. The molecular weight excluding hydrogens is 333 g/mol. The number of nitrogens with zero attached hydrogens (tertiary/aromatic N) is 2. The number of carbonyl (C=O) groups excluding carboxylic acids is 1. The molecule has 8 heteroatoms. The van der Waals surface area contributed by atoms with Gasteiger partial charge >= 0.3 is 6.18 Å². The van der Waals surface area contributed by atoms with Crippen LogP contribution >= 0.6 is 11.6 Å². The first-order valence-electron chi connectivity index (χ1n) is 7.21. The van der Waals surface area contributed by atoms with Gasteiger partial charge in [0.15, 0.2) is 0 Å². The van der Waals surface area contributed by atoms with E-state index in [-0.39, 0.29) is 27.7 Å². The maximum Gasteiger partial charge on any atom is 0.439 e. The Morgan fingerprint density at radius 3 is 2.78 bits per heavy atom. The second-order valence-electron chi connectivity index (χ2n) is 5.74. The molecule has 0 unspecified atom stereocenters. The summed E-state index contributed by atoms with van der Waals surface area (Å²) in [5.74, 6) is -2.23. The van der Waals surface area contributed by atoms with Crippen LogP contribution in [0.2, 0.25) is 5.02 Å². The van der Waals surface area contributed by atoms with Crippen LogP contribution in [0.5, 0.6) is 0 Å². The first-order valence-corrected chi connectivity index (χ1v) is 7.59. The molecule has 0 spiro atoms. The average Bonchev–Trinajstić information content (AvgIpc) is 2.81. The Hall–Kier alpha value is -1.60. The first-order chi connectivity index (χ1) is 10.7. The molecule has 1 aliphatic heterocycles. The fourth-order valence-electron chi connectivity index (χ4n) is 3.16. The van der Waals surface area contributed by atoms with Crippen molar-refractivity contribution >= 4 is 23.2 Å². The standard InChI is InChI=1S/C15H14ClF3N2O2/c16-10-5-3-4-9(8-10)13(22)21-14(23,15(17,18)19)11-6-1-2-7-12(11)20-21/h3-5,8,11,23H,1-2,6-7H2/t11-,14-/m0/s1. The molecule has 3 rings (SSSR count). The summed E-state index contributed by atoms with van der Waals surface area (Å²) >= 11 is 5.79. The third-order valence-corrected chi connectivity index (χ3v) is 4.53. The third kappa shape index (κ3) is 2.52. The molecule has 124 valence electrons. The van der Waals surface area contributed by atoms with Crippen LogP contribution in [0, 0.1) is 5.92 Å². The Balaban J connectivity index is 2.05. The number of hydrazone groups is 1. The zero-order valence-electron chi connectivity index (χ0n) is 12.0. The van der Waals surface area contributed by atoms with Crippen LogP contribution in [0.4, 0.5) is 13.2 Å². The predicted octanol–water partition coefficient (Wildman–Crippen LogP) is 3.59. The summed E-state index contributed by atoms with van der Waals surface area (Å²) in [6.07, 6.45) is -3.26. The van der Waals surface area contributed by atoms with E-state index in [1.54, 1.807) is 0 Å². The van der Waals surface area contributed by atoms with Crippen molar-refractivity contribution in [1.29, 1.82) is 0 Å².